The molecule has 0 spiro atoms. The second-order valence-corrected chi connectivity index (χ2v) is 6.46. The van der Waals surface area contributed by atoms with Crippen LogP contribution in [-0.2, 0) is 6.54 Å². The highest BCUT2D eigenvalue weighted by atomic mass is 35.5. The number of hydrogen-bond donors (Lipinski definition) is 1. The SMILES string of the molecule is Nc1nc(-c2ccco2)c2ncn(Cc3ccc(Cl)s3)c2n1. The van der Waals surface area contributed by atoms with E-state index in [1.165, 1.54) is 11.3 Å². The number of aromatic nitrogens is 4. The molecule has 0 radical (unpaired) electrons. The minimum Gasteiger partial charge on any atom is -0.463 e. The van der Waals surface area contributed by atoms with Crippen molar-refractivity contribution >= 4 is 40.0 Å². The summed E-state index contributed by atoms with van der Waals surface area (Å²) in [6, 6.07) is 7.47. The van der Waals surface area contributed by atoms with Crippen LogP contribution in [0.1, 0.15) is 4.88 Å². The van der Waals surface area contributed by atoms with E-state index in [1.54, 1.807) is 18.7 Å². The van der Waals surface area contributed by atoms with Gasteiger partial charge in [-0.15, -0.1) is 11.3 Å². The molecule has 0 bridgehead atoms. The molecule has 0 aliphatic heterocycles. The monoisotopic (exact) mass is 331 g/mol. The molecular weight excluding hydrogens is 322 g/mol. The van der Waals surface area contributed by atoms with Gasteiger partial charge in [0, 0.05) is 4.88 Å². The Labute approximate surface area is 134 Å². The first-order valence-corrected chi connectivity index (χ1v) is 7.66. The molecule has 4 rings (SSSR count). The molecule has 0 fully saturated rings. The Morgan fingerprint density at radius 3 is 2.91 bits per heavy atom. The van der Waals surface area contributed by atoms with E-state index in [0.29, 0.717) is 29.2 Å². The van der Waals surface area contributed by atoms with Crippen molar-refractivity contribution in [3.8, 4) is 11.5 Å². The van der Waals surface area contributed by atoms with Gasteiger partial charge in [-0.1, -0.05) is 11.6 Å². The molecule has 0 aliphatic rings. The summed E-state index contributed by atoms with van der Waals surface area (Å²) < 4.78 is 8.08. The van der Waals surface area contributed by atoms with Crippen molar-refractivity contribution in [2.75, 3.05) is 5.73 Å². The van der Waals surface area contributed by atoms with E-state index >= 15 is 0 Å². The van der Waals surface area contributed by atoms with Gasteiger partial charge < -0.3 is 14.7 Å². The third kappa shape index (κ3) is 2.24. The molecule has 0 atom stereocenters. The lowest BCUT2D eigenvalue weighted by Gasteiger charge is -2.03. The zero-order valence-corrected chi connectivity index (χ0v) is 12.8. The van der Waals surface area contributed by atoms with Crippen molar-refractivity contribution in [2.45, 2.75) is 6.54 Å². The molecule has 0 unspecified atom stereocenters. The minimum atomic E-state index is 0.185. The molecule has 4 heterocycles. The van der Waals surface area contributed by atoms with Crippen molar-refractivity contribution in [1.82, 2.24) is 19.5 Å². The first-order chi connectivity index (χ1) is 10.7. The zero-order valence-electron chi connectivity index (χ0n) is 11.2. The van der Waals surface area contributed by atoms with Gasteiger partial charge in [-0.3, -0.25) is 0 Å². The van der Waals surface area contributed by atoms with E-state index in [1.807, 2.05) is 22.8 Å². The molecule has 0 aromatic carbocycles. The van der Waals surface area contributed by atoms with Gasteiger partial charge in [0.15, 0.2) is 11.4 Å². The Bertz CT molecular complexity index is 944. The van der Waals surface area contributed by atoms with Gasteiger partial charge in [-0.2, -0.15) is 4.98 Å². The van der Waals surface area contributed by atoms with Crippen LogP contribution in [-0.4, -0.2) is 19.5 Å². The predicted octanol–water partition coefficient (Wildman–Crippen LogP) is 3.43. The van der Waals surface area contributed by atoms with Crippen LogP contribution in [0.4, 0.5) is 5.95 Å². The van der Waals surface area contributed by atoms with Crippen LogP contribution in [0.3, 0.4) is 0 Å². The van der Waals surface area contributed by atoms with Crippen molar-refractivity contribution in [2.24, 2.45) is 0 Å². The fourth-order valence-electron chi connectivity index (χ4n) is 2.27. The molecule has 0 amide bonds. The van der Waals surface area contributed by atoms with Crippen LogP contribution in [0.15, 0.2) is 41.3 Å². The number of rotatable bonds is 3. The van der Waals surface area contributed by atoms with Gasteiger partial charge >= 0.3 is 0 Å². The standard InChI is InChI=1S/C14H10ClN5OS/c15-10-4-3-8(22-10)6-20-7-17-12-11(9-2-1-5-21-9)18-14(16)19-13(12)20/h1-5,7H,6H2,(H2,16,18,19). The molecular formula is C14H10ClN5OS. The first-order valence-electron chi connectivity index (χ1n) is 6.47. The molecule has 4 aromatic rings. The summed E-state index contributed by atoms with van der Waals surface area (Å²) in [5.41, 5.74) is 7.75. The number of nitrogens with two attached hydrogens (primary N) is 1. The third-order valence-corrected chi connectivity index (χ3v) is 4.41. The number of hydrogen-bond acceptors (Lipinski definition) is 6. The van der Waals surface area contributed by atoms with E-state index in [2.05, 4.69) is 15.0 Å². The van der Waals surface area contributed by atoms with E-state index in [4.69, 9.17) is 21.8 Å². The summed E-state index contributed by atoms with van der Waals surface area (Å²) in [5.74, 6) is 0.799. The highest BCUT2D eigenvalue weighted by Gasteiger charge is 2.16. The highest BCUT2D eigenvalue weighted by molar-refractivity contribution is 7.16. The summed E-state index contributed by atoms with van der Waals surface area (Å²) >= 11 is 7.50. The third-order valence-electron chi connectivity index (χ3n) is 3.19. The summed E-state index contributed by atoms with van der Waals surface area (Å²) in [7, 11) is 0. The van der Waals surface area contributed by atoms with Crippen molar-refractivity contribution in [1.29, 1.82) is 0 Å². The maximum Gasteiger partial charge on any atom is 0.222 e. The number of furan rings is 1. The number of nitrogen functional groups attached to an aromatic ring is 1. The van der Waals surface area contributed by atoms with Crippen molar-refractivity contribution in [3.05, 3.63) is 46.1 Å². The van der Waals surface area contributed by atoms with E-state index in [0.717, 1.165) is 9.21 Å². The number of nitrogens with zero attached hydrogens (tertiary/aromatic N) is 4. The van der Waals surface area contributed by atoms with Crippen LogP contribution in [0.2, 0.25) is 4.34 Å². The number of imidazole rings is 1. The molecule has 8 heteroatoms. The van der Waals surface area contributed by atoms with Crippen LogP contribution in [0, 0.1) is 0 Å². The van der Waals surface area contributed by atoms with E-state index in [-0.39, 0.29) is 5.95 Å². The summed E-state index contributed by atoms with van der Waals surface area (Å²) in [6.45, 7) is 0.627. The molecule has 4 aromatic heterocycles. The molecule has 0 saturated heterocycles. The number of fused-ring (bicyclic) bond motifs is 1. The van der Waals surface area contributed by atoms with Crippen molar-refractivity contribution in [3.63, 3.8) is 0 Å². The van der Waals surface area contributed by atoms with Gasteiger partial charge in [0.2, 0.25) is 5.95 Å². The lowest BCUT2D eigenvalue weighted by atomic mass is 10.3. The highest BCUT2D eigenvalue weighted by Crippen LogP contribution is 2.27. The summed E-state index contributed by atoms with van der Waals surface area (Å²) in [4.78, 5) is 14.1. The smallest absolute Gasteiger partial charge is 0.222 e. The van der Waals surface area contributed by atoms with Gasteiger partial charge in [-0.05, 0) is 24.3 Å². The predicted molar refractivity (Wildman–Crippen MR) is 85.9 cm³/mol. The van der Waals surface area contributed by atoms with Gasteiger partial charge in [-0.25, -0.2) is 9.97 Å². The van der Waals surface area contributed by atoms with Crippen molar-refractivity contribution < 1.29 is 4.42 Å². The van der Waals surface area contributed by atoms with Gasteiger partial charge in [0.1, 0.15) is 11.2 Å². The average Bonchev–Trinajstić information content (AvgIpc) is 3.21. The fraction of sp³-hybridized carbons (Fsp3) is 0.0714. The Kier molecular flexibility index (Phi) is 3.09. The lowest BCUT2D eigenvalue weighted by Crippen LogP contribution is -2.02. The number of thiophene rings is 1. The Hall–Kier alpha value is -2.38. The Balaban J connectivity index is 1.85. The molecule has 22 heavy (non-hydrogen) atoms. The zero-order chi connectivity index (χ0) is 15.1. The molecule has 0 saturated carbocycles. The van der Waals surface area contributed by atoms with Crippen LogP contribution in [0.25, 0.3) is 22.6 Å². The normalized spacial score (nSPS) is 11.3. The van der Waals surface area contributed by atoms with Crippen LogP contribution < -0.4 is 5.73 Å². The Morgan fingerprint density at radius 1 is 1.27 bits per heavy atom. The van der Waals surface area contributed by atoms with Crippen LogP contribution in [0.5, 0.6) is 0 Å². The lowest BCUT2D eigenvalue weighted by molar-refractivity contribution is 0.580. The average molecular weight is 332 g/mol. The first kappa shape index (κ1) is 13.3. The Morgan fingerprint density at radius 2 is 2.18 bits per heavy atom. The number of halogens is 1. The maximum atomic E-state index is 5.97. The fourth-order valence-corrected chi connectivity index (χ4v) is 3.35. The second-order valence-electron chi connectivity index (χ2n) is 4.66. The molecule has 6 nitrogen and oxygen atoms in total. The second kappa shape index (κ2) is 5.11. The topological polar surface area (TPSA) is 82.8 Å². The van der Waals surface area contributed by atoms with E-state index in [9.17, 15) is 0 Å². The number of anilines is 1. The largest absolute Gasteiger partial charge is 0.463 e. The molecule has 2 N–H and O–H groups in total. The molecule has 110 valence electrons. The summed E-state index contributed by atoms with van der Waals surface area (Å²) in [5, 5.41) is 0. The quantitative estimate of drug-likeness (QED) is 0.622. The molecule has 0 aliphatic carbocycles. The van der Waals surface area contributed by atoms with Gasteiger partial charge in [0.25, 0.3) is 0 Å². The van der Waals surface area contributed by atoms with E-state index < -0.39 is 0 Å². The van der Waals surface area contributed by atoms with Crippen LogP contribution >= 0.6 is 22.9 Å². The minimum absolute atomic E-state index is 0.185. The van der Waals surface area contributed by atoms with Gasteiger partial charge in [0.05, 0.1) is 23.5 Å². The maximum absolute atomic E-state index is 5.97. The summed E-state index contributed by atoms with van der Waals surface area (Å²) in [6.07, 6.45) is 3.31.